The van der Waals surface area contributed by atoms with Gasteiger partial charge in [-0.25, -0.2) is 19.3 Å². The van der Waals surface area contributed by atoms with E-state index in [0.717, 1.165) is 60.6 Å². The molecular formula is C25H25N7O. The van der Waals surface area contributed by atoms with Gasteiger partial charge >= 0.3 is 5.69 Å². The van der Waals surface area contributed by atoms with Crippen molar-refractivity contribution in [2.24, 2.45) is 0 Å². The van der Waals surface area contributed by atoms with Crippen molar-refractivity contribution in [3.63, 3.8) is 0 Å². The number of aromatic nitrogens is 5. The van der Waals surface area contributed by atoms with Gasteiger partial charge in [0.2, 0.25) is 0 Å². The van der Waals surface area contributed by atoms with Gasteiger partial charge in [0.1, 0.15) is 0 Å². The first-order chi connectivity index (χ1) is 16.1. The summed E-state index contributed by atoms with van der Waals surface area (Å²) in [6.07, 6.45) is 3.62. The average molecular weight is 440 g/mol. The Kier molecular flexibility index (Phi) is 4.82. The molecule has 0 amide bonds. The number of H-pyrrole nitrogens is 2. The van der Waals surface area contributed by atoms with E-state index in [2.05, 4.69) is 50.0 Å². The van der Waals surface area contributed by atoms with E-state index in [-0.39, 0.29) is 5.69 Å². The second kappa shape index (κ2) is 7.99. The lowest BCUT2D eigenvalue weighted by molar-refractivity contribution is 0.148. The highest BCUT2D eigenvalue weighted by Gasteiger charge is 2.16. The van der Waals surface area contributed by atoms with Crippen molar-refractivity contribution < 1.29 is 0 Å². The van der Waals surface area contributed by atoms with Crippen LogP contribution < -0.4 is 5.69 Å². The van der Waals surface area contributed by atoms with Crippen LogP contribution >= 0.6 is 0 Å². The van der Waals surface area contributed by atoms with E-state index >= 15 is 0 Å². The number of nitrogens with zero attached hydrogens (tertiary/aromatic N) is 5. The van der Waals surface area contributed by atoms with E-state index < -0.39 is 0 Å². The van der Waals surface area contributed by atoms with Gasteiger partial charge in [0.25, 0.3) is 0 Å². The molecule has 2 N–H and O–H groups in total. The quantitative estimate of drug-likeness (QED) is 0.450. The predicted octanol–water partition coefficient (Wildman–Crippen LogP) is 3.00. The van der Waals surface area contributed by atoms with Crippen LogP contribution in [0.25, 0.3) is 39.1 Å². The van der Waals surface area contributed by atoms with Crippen LogP contribution in [-0.4, -0.2) is 67.5 Å². The summed E-state index contributed by atoms with van der Waals surface area (Å²) in [4.78, 5) is 33.0. The zero-order valence-electron chi connectivity index (χ0n) is 18.5. The fourth-order valence-electron chi connectivity index (χ4n) is 4.53. The predicted molar refractivity (Wildman–Crippen MR) is 130 cm³/mol. The molecule has 1 aliphatic rings. The van der Waals surface area contributed by atoms with Gasteiger partial charge in [-0.15, -0.1) is 0 Å². The molecule has 1 aliphatic heterocycles. The molecule has 1 fully saturated rings. The minimum atomic E-state index is -0.249. The van der Waals surface area contributed by atoms with Crippen LogP contribution in [0, 0.1) is 0 Å². The molecule has 2 aromatic carbocycles. The summed E-state index contributed by atoms with van der Waals surface area (Å²) in [5.41, 5.74) is 5.53. The standard InChI is InChI=1S/C25H25N7O/c1-30-9-11-31(12-10-30)16-17-3-2-4-18(13-17)22-15-27-23-24(28-22)32(25(33)29-23)20-5-6-21-19(14-20)7-8-26-21/h2-8,13-15,26H,9-12,16H2,1H3,(H,27,29,33). The number of benzene rings is 2. The Bertz CT molecular complexity index is 1500. The molecule has 8 heteroatoms. The second-order valence-corrected chi connectivity index (χ2v) is 8.72. The Labute approximate surface area is 190 Å². The zero-order chi connectivity index (χ0) is 22.4. The van der Waals surface area contributed by atoms with Crippen molar-refractivity contribution in [3.8, 4) is 16.9 Å². The maximum Gasteiger partial charge on any atom is 0.333 e. The molecule has 3 aromatic heterocycles. The molecule has 5 aromatic rings. The van der Waals surface area contributed by atoms with E-state index in [0.29, 0.717) is 11.3 Å². The fourth-order valence-corrected chi connectivity index (χ4v) is 4.53. The van der Waals surface area contributed by atoms with Gasteiger partial charge in [-0.3, -0.25) is 9.88 Å². The normalized spacial score (nSPS) is 15.5. The van der Waals surface area contributed by atoms with Gasteiger partial charge in [-0.1, -0.05) is 18.2 Å². The van der Waals surface area contributed by atoms with Crippen molar-refractivity contribution in [1.29, 1.82) is 0 Å². The largest absolute Gasteiger partial charge is 0.361 e. The topological polar surface area (TPSA) is 85.8 Å². The van der Waals surface area contributed by atoms with E-state index in [9.17, 15) is 4.79 Å². The van der Waals surface area contributed by atoms with Crippen molar-refractivity contribution in [1.82, 2.24) is 34.3 Å². The minimum absolute atomic E-state index is 0.249. The summed E-state index contributed by atoms with van der Waals surface area (Å²) in [6.45, 7) is 5.27. The van der Waals surface area contributed by atoms with Crippen LogP contribution in [0.5, 0.6) is 0 Å². The molecular weight excluding hydrogens is 414 g/mol. The van der Waals surface area contributed by atoms with E-state index in [1.165, 1.54) is 5.56 Å². The first-order valence-corrected chi connectivity index (χ1v) is 11.2. The Morgan fingerprint density at radius 2 is 1.91 bits per heavy atom. The lowest BCUT2D eigenvalue weighted by Crippen LogP contribution is -2.43. The number of hydrogen-bond acceptors (Lipinski definition) is 5. The number of imidazole rings is 1. The highest BCUT2D eigenvalue weighted by molar-refractivity contribution is 5.82. The van der Waals surface area contributed by atoms with Gasteiger partial charge < -0.3 is 9.88 Å². The summed E-state index contributed by atoms with van der Waals surface area (Å²) in [5, 5.41) is 1.04. The molecule has 0 aliphatic carbocycles. The number of hydrogen-bond donors (Lipinski definition) is 2. The molecule has 8 nitrogen and oxygen atoms in total. The number of nitrogens with one attached hydrogen (secondary N) is 2. The minimum Gasteiger partial charge on any atom is -0.361 e. The number of likely N-dealkylation sites (N-methyl/N-ethyl adjacent to an activating group) is 1. The van der Waals surface area contributed by atoms with E-state index in [4.69, 9.17) is 4.98 Å². The molecule has 0 atom stereocenters. The van der Waals surface area contributed by atoms with Crippen LogP contribution in [0.4, 0.5) is 0 Å². The first kappa shape index (κ1) is 19.9. The Morgan fingerprint density at radius 1 is 1.03 bits per heavy atom. The smallest absolute Gasteiger partial charge is 0.333 e. The van der Waals surface area contributed by atoms with Crippen molar-refractivity contribution >= 4 is 22.2 Å². The van der Waals surface area contributed by atoms with E-state index in [1.807, 2.05) is 36.5 Å². The number of piperazine rings is 1. The lowest BCUT2D eigenvalue weighted by atomic mass is 10.1. The van der Waals surface area contributed by atoms with Gasteiger partial charge in [-0.2, -0.15) is 0 Å². The Morgan fingerprint density at radius 3 is 2.79 bits per heavy atom. The van der Waals surface area contributed by atoms with Crippen LogP contribution in [-0.2, 0) is 6.54 Å². The summed E-state index contributed by atoms with van der Waals surface area (Å²) in [5.74, 6) is 0. The van der Waals surface area contributed by atoms with E-state index in [1.54, 1.807) is 10.8 Å². The van der Waals surface area contributed by atoms with Crippen LogP contribution in [0.2, 0.25) is 0 Å². The zero-order valence-corrected chi connectivity index (χ0v) is 18.5. The third-order valence-electron chi connectivity index (χ3n) is 6.41. The lowest BCUT2D eigenvalue weighted by Gasteiger charge is -2.32. The van der Waals surface area contributed by atoms with Crippen LogP contribution in [0.3, 0.4) is 0 Å². The SMILES string of the molecule is CN1CCN(Cc2cccc(-c3cnc4[nH]c(=O)n(-c5ccc6[nH]ccc6c5)c4n3)c2)CC1. The molecule has 166 valence electrons. The fraction of sp³-hybridized carbons (Fsp3) is 0.240. The highest BCUT2D eigenvalue weighted by Crippen LogP contribution is 2.23. The van der Waals surface area contributed by atoms with Crippen molar-refractivity contribution in [3.05, 3.63) is 77.0 Å². The number of fused-ring (bicyclic) bond motifs is 2. The van der Waals surface area contributed by atoms with Gasteiger partial charge in [0.15, 0.2) is 11.3 Å². The number of aromatic amines is 2. The van der Waals surface area contributed by atoms with Crippen LogP contribution in [0.15, 0.2) is 65.7 Å². The molecule has 4 heterocycles. The Hall–Kier alpha value is -3.75. The first-order valence-electron chi connectivity index (χ1n) is 11.2. The van der Waals surface area contributed by atoms with Gasteiger partial charge in [0, 0.05) is 55.4 Å². The number of rotatable bonds is 4. The molecule has 1 saturated heterocycles. The van der Waals surface area contributed by atoms with Crippen molar-refractivity contribution in [2.45, 2.75) is 6.54 Å². The molecule has 6 rings (SSSR count). The maximum atomic E-state index is 12.8. The highest BCUT2D eigenvalue weighted by atomic mass is 16.1. The molecule has 0 spiro atoms. The average Bonchev–Trinajstić information content (AvgIpc) is 3.43. The summed E-state index contributed by atoms with van der Waals surface area (Å²) in [6, 6.07) is 16.3. The third-order valence-corrected chi connectivity index (χ3v) is 6.41. The summed E-state index contributed by atoms with van der Waals surface area (Å²) >= 11 is 0. The Balaban J connectivity index is 1.36. The molecule has 0 bridgehead atoms. The monoisotopic (exact) mass is 439 g/mol. The summed E-state index contributed by atoms with van der Waals surface area (Å²) < 4.78 is 1.59. The van der Waals surface area contributed by atoms with Crippen LogP contribution in [0.1, 0.15) is 5.56 Å². The van der Waals surface area contributed by atoms with Gasteiger partial charge in [-0.05, 0) is 42.9 Å². The molecule has 0 unspecified atom stereocenters. The molecule has 33 heavy (non-hydrogen) atoms. The van der Waals surface area contributed by atoms with Crippen molar-refractivity contribution in [2.75, 3.05) is 33.2 Å². The maximum absolute atomic E-state index is 12.8. The second-order valence-electron chi connectivity index (χ2n) is 8.72. The summed E-state index contributed by atoms with van der Waals surface area (Å²) in [7, 11) is 2.17. The van der Waals surface area contributed by atoms with Gasteiger partial charge in [0.05, 0.1) is 17.6 Å². The third kappa shape index (κ3) is 3.73. The molecule has 0 saturated carbocycles. The molecule has 0 radical (unpaired) electrons.